The summed E-state index contributed by atoms with van der Waals surface area (Å²) in [6.45, 7) is 2.24. The van der Waals surface area contributed by atoms with E-state index in [1.807, 2.05) is 31.1 Å². The Morgan fingerprint density at radius 2 is 1.89 bits per heavy atom. The number of amides is 1. The Bertz CT molecular complexity index is 980. The van der Waals surface area contributed by atoms with Gasteiger partial charge in [-0.3, -0.25) is 4.79 Å². The number of hydrogen-bond acceptors (Lipinski definition) is 7. The van der Waals surface area contributed by atoms with E-state index in [0.29, 0.717) is 12.3 Å². The minimum Gasteiger partial charge on any atom is -0.508 e. The summed E-state index contributed by atoms with van der Waals surface area (Å²) in [6.07, 6.45) is 0. The fraction of sp³-hybridized carbons (Fsp3) is 0.200. The number of carbonyl (C=O) groups is 1. The number of ether oxygens (including phenoxy) is 1. The van der Waals surface area contributed by atoms with E-state index in [4.69, 9.17) is 9.26 Å². The number of rotatable bonds is 6. The van der Waals surface area contributed by atoms with E-state index < -0.39 is 5.91 Å². The molecule has 1 aromatic heterocycles. The Morgan fingerprint density at radius 3 is 2.54 bits per heavy atom. The number of benzene rings is 2. The first-order chi connectivity index (χ1) is 13.4. The Labute approximate surface area is 162 Å². The lowest BCUT2D eigenvalue weighted by molar-refractivity contribution is 0.0947. The molecule has 8 heteroatoms. The molecule has 0 unspecified atom stereocenters. The van der Waals surface area contributed by atoms with Crippen molar-refractivity contribution in [2.45, 2.75) is 6.92 Å². The molecule has 28 heavy (non-hydrogen) atoms. The molecule has 3 rings (SSSR count). The molecule has 3 N–H and O–H groups in total. The van der Waals surface area contributed by atoms with Crippen LogP contribution in [-0.2, 0) is 0 Å². The van der Waals surface area contributed by atoms with Gasteiger partial charge in [0.1, 0.15) is 28.6 Å². The van der Waals surface area contributed by atoms with Crippen LogP contribution in [0, 0.1) is 0 Å². The molecule has 0 saturated heterocycles. The van der Waals surface area contributed by atoms with Crippen LogP contribution >= 0.6 is 0 Å². The van der Waals surface area contributed by atoms with Gasteiger partial charge in [0.2, 0.25) is 0 Å². The predicted molar refractivity (Wildman–Crippen MR) is 104 cm³/mol. The number of phenols is 2. The largest absolute Gasteiger partial charge is 0.508 e. The zero-order valence-corrected chi connectivity index (χ0v) is 15.8. The molecular formula is C20H21N3O5. The summed E-state index contributed by atoms with van der Waals surface area (Å²) >= 11 is 0. The van der Waals surface area contributed by atoms with Crippen molar-refractivity contribution >= 4 is 11.6 Å². The highest BCUT2D eigenvalue weighted by Crippen LogP contribution is 2.43. The summed E-state index contributed by atoms with van der Waals surface area (Å²) in [4.78, 5) is 13.9. The maximum atomic E-state index is 11.9. The third kappa shape index (κ3) is 4.01. The highest BCUT2D eigenvalue weighted by atomic mass is 16.5. The highest BCUT2D eigenvalue weighted by Gasteiger charge is 2.21. The van der Waals surface area contributed by atoms with Crippen LogP contribution in [0.15, 0.2) is 47.0 Å². The maximum Gasteiger partial charge on any atom is 0.273 e. The second kappa shape index (κ2) is 7.91. The molecule has 0 aliphatic rings. The van der Waals surface area contributed by atoms with Gasteiger partial charge in [-0.15, -0.1) is 0 Å². The standard InChI is InChI=1S/C20H21N3O5/c1-4-21-20(26)15-11-18(28-22-15)19-16(25)9-13(24)10-17(19)27-14-7-5-12(6-8-14)23(2)3/h5-11,24-25H,4H2,1-3H3,(H,21,26). The second-order valence-electron chi connectivity index (χ2n) is 6.26. The number of aromatic nitrogens is 1. The maximum absolute atomic E-state index is 11.9. The van der Waals surface area contributed by atoms with Crippen LogP contribution < -0.4 is 15.0 Å². The average molecular weight is 383 g/mol. The molecule has 3 aromatic rings. The van der Waals surface area contributed by atoms with E-state index in [9.17, 15) is 15.0 Å². The van der Waals surface area contributed by atoms with Crippen molar-refractivity contribution in [2.75, 3.05) is 25.5 Å². The van der Waals surface area contributed by atoms with E-state index >= 15 is 0 Å². The molecule has 1 amide bonds. The van der Waals surface area contributed by atoms with E-state index in [2.05, 4.69) is 10.5 Å². The zero-order chi connectivity index (χ0) is 20.3. The third-order valence-electron chi connectivity index (χ3n) is 3.97. The number of nitrogens with zero attached hydrogens (tertiary/aromatic N) is 2. The zero-order valence-electron chi connectivity index (χ0n) is 15.8. The van der Waals surface area contributed by atoms with E-state index in [0.717, 1.165) is 11.8 Å². The lowest BCUT2D eigenvalue weighted by atomic mass is 10.1. The molecule has 0 atom stereocenters. The quantitative estimate of drug-likeness (QED) is 0.599. The predicted octanol–water partition coefficient (Wildman–Crippen LogP) is 3.36. The summed E-state index contributed by atoms with van der Waals surface area (Å²) in [5.74, 6) is -0.0340. The van der Waals surface area contributed by atoms with Gasteiger partial charge in [0.15, 0.2) is 11.5 Å². The molecule has 0 radical (unpaired) electrons. The lowest BCUT2D eigenvalue weighted by Crippen LogP contribution is -2.22. The minimum absolute atomic E-state index is 0.0746. The normalized spacial score (nSPS) is 10.5. The van der Waals surface area contributed by atoms with E-state index in [-0.39, 0.29) is 34.3 Å². The van der Waals surface area contributed by atoms with E-state index in [1.165, 1.54) is 12.1 Å². The fourth-order valence-corrected chi connectivity index (χ4v) is 2.61. The molecule has 0 aliphatic heterocycles. The first-order valence-corrected chi connectivity index (χ1v) is 8.65. The molecule has 1 heterocycles. The monoisotopic (exact) mass is 383 g/mol. The van der Waals surface area contributed by atoms with Crippen molar-refractivity contribution in [3.8, 4) is 34.3 Å². The van der Waals surface area contributed by atoms with Crippen LogP contribution in [0.2, 0.25) is 0 Å². The molecule has 8 nitrogen and oxygen atoms in total. The highest BCUT2D eigenvalue weighted by molar-refractivity contribution is 5.93. The number of nitrogens with one attached hydrogen (secondary N) is 1. The lowest BCUT2D eigenvalue weighted by Gasteiger charge is -2.14. The Morgan fingerprint density at radius 1 is 1.18 bits per heavy atom. The van der Waals surface area contributed by atoms with Crippen molar-refractivity contribution in [3.05, 3.63) is 48.2 Å². The van der Waals surface area contributed by atoms with Crippen molar-refractivity contribution in [1.82, 2.24) is 10.5 Å². The van der Waals surface area contributed by atoms with Gasteiger partial charge in [0, 0.05) is 44.5 Å². The molecule has 2 aromatic carbocycles. The Kier molecular flexibility index (Phi) is 5.39. The topological polar surface area (TPSA) is 108 Å². The Balaban J connectivity index is 1.97. The molecule has 0 spiro atoms. The summed E-state index contributed by atoms with van der Waals surface area (Å²) in [6, 6.07) is 11.2. The van der Waals surface area contributed by atoms with Crippen LogP contribution in [0.1, 0.15) is 17.4 Å². The molecule has 0 bridgehead atoms. The van der Waals surface area contributed by atoms with Gasteiger partial charge in [-0.05, 0) is 31.2 Å². The fourth-order valence-electron chi connectivity index (χ4n) is 2.61. The molecule has 0 saturated carbocycles. The van der Waals surface area contributed by atoms with Crippen molar-refractivity contribution in [2.24, 2.45) is 0 Å². The van der Waals surface area contributed by atoms with Gasteiger partial charge in [-0.25, -0.2) is 0 Å². The number of carbonyl (C=O) groups excluding carboxylic acids is 1. The average Bonchev–Trinajstić information content (AvgIpc) is 3.11. The first kappa shape index (κ1) is 19.1. The molecule has 0 fully saturated rings. The number of hydrogen-bond donors (Lipinski definition) is 3. The van der Waals surface area contributed by atoms with Gasteiger partial charge in [0.25, 0.3) is 5.91 Å². The second-order valence-corrected chi connectivity index (χ2v) is 6.26. The molecular weight excluding hydrogens is 362 g/mol. The van der Waals surface area contributed by atoms with Crippen LogP contribution in [0.25, 0.3) is 11.3 Å². The van der Waals surface area contributed by atoms with Crippen molar-refractivity contribution in [1.29, 1.82) is 0 Å². The summed E-state index contributed by atoms with van der Waals surface area (Å²) < 4.78 is 11.1. The molecule has 0 aliphatic carbocycles. The Hall–Kier alpha value is -3.68. The van der Waals surface area contributed by atoms with Crippen molar-refractivity contribution in [3.63, 3.8) is 0 Å². The van der Waals surface area contributed by atoms with E-state index in [1.54, 1.807) is 19.1 Å². The number of phenolic OH excluding ortho intramolecular Hbond substituents is 2. The van der Waals surface area contributed by atoms with Gasteiger partial charge in [0.05, 0.1) is 0 Å². The number of aromatic hydroxyl groups is 2. The van der Waals surface area contributed by atoms with Gasteiger partial charge < -0.3 is 29.7 Å². The summed E-state index contributed by atoms with van der Waals surface area (Å²) in [5, 5.41) is 26.6. The summed E-state index contributed by atoms with van der Waals surface area (Å²) in [7, 11) is 3.86. The van der Waals surface area contributed by atoms with Crippen LogP contribution in [0.5, 0.6) is 23.0 Å². The number of anilines is 1. The molecule has 146 valence electrons. The SMILES string of the molecule is CCNC(=O)c1cc(-c2c(O)cc(O)cc2Oc2ccc(N(C)C)cc2)on1. The first-order valence-electron chi connectivity index (χ1n) is 8.65. The van der Waals surface area contributed by atoms with Crippen LogP contribution in [0.3, 0.4) is 0 Å². The van der Waals surface area contributed by atoms with Gasteiger partial charge >= 0.3 is 0 Å². The van der Waals surface area contributed by atoms with Crippen LogP contribution in [0.4, 0.5) is 5.69 Å². The summed E-state index contributed by atoms with van der Waals surface area (Å²) in [5.41, 5.74) is 1.25. The smallest absolute Gasteiger partial charge is 0.273 e. The van der Waals surface area contributed by atoms with Crippen LogP contribution in [-0.4, -0.2) is 41.9 Å². The minimum atomic E-state index is -0.391. The third-order valence-corrected chi connectivity index (χ3v) is 3.97. The van der Waals surface area contributed by atoms with Crippen molar-refractivity contribution < 1.29 is 24.3 Å². The van der Waals surface area contributed by atoms with Gasteiger partial charge in [-0.2, -0.15) is 0 Å². The van der Waals surface area contributed by atoms with Gasteiger partial charge in [-0.1, -0.05) is 5.16 Å².